The van der Waals surface area contributed by atoms with Crippen LogP contribution in [0.2, 0.25) is 0 Å². The molecule has 1 aromatic rings. The Bertz CT molecular complexity index is 254. The SMILES string of the molecule is C[C@@H](NC[C@@H]1CCCN1)c1nccs1. The standard InChI is InChI=1S/C10H17N3S/c1-8(10-12-5-6-14-10)13-7-9-3-2-4-11-9/h5-6,8-9,11,13H,2-4,7H2,1H3/t8-,9+/m1/s1. The summed E-state index contributed by atoms with van der Waals surface area (Å²) in [4.78, 5) is 4.30. The minimum absolute atomic E-state index is 0.386. The molecule has 2 atom stereocenters. The maximum atomic E-state index is 4.30. The minimum Gasteiger partial charge on any atom is -0.313 e. The van der Waals surface area contributed by atoms with Gasteiger partial charge < -0.3 is 10.6 Å². The van der Waals surface area contributed by atoms with Gasteiger partial charge >= 0.3 is 0 Å². The molecule has 78 valence electrons. The number of nitrogens with zero attached hydrogens (tertiary/aromatic N) is 1. The lowest BCUT2D eigenvalue weighted by Gasteiger charge is -2.15. The molecule has 2 heterocycles. The number of hydrogen-bond donors (Lipinski definition) is 2. The van der Waals surface area contributed by atoms with Crippen molar-refractivity contribution in [3.63, 3.8) is 0 Å². The second-order valence-electron chi connectivity index (χ2n) is 3.79. The van der Waals surface area contributed by atoms with Crippen molar-refractivity contribution in [3.05, 3.63) is 16.6 Å². The molecule has 14 heavy (non-hydrogen) atoms. The Balaban J connectivity index is 1.74. The largest absolute Gasteiger partial charge is 0.313 e. The first-order valence-corrected chi connectivity index (χ1v) is 6.10. The molecule has 1 aromatic heterocycles. The maximum Gasteiger partial charge on any atom is 0.109 e. The zero-order chi connectivity index (χ0) is 9.80. The summed E-state index contributed by atoms with van der Waals surface area (Å²) >= 11 is 1.72. The lowest BCUT2D eigenvalue weighted by atomic mass is 10.2. The molecule has 3 nitrogen and oxygen atoms in total. The second-order valence-corrected chi connectivity index (χ2v) is 4.72. The van der Waals surface area contributed by atoms with Crippen molar-refractivity contribution in [2.45, 2.75) is 31.8 Å². The van der Waals surface area contributed by atoms with Gasteiger partial charge in [0.1, 0.15) is 5.01 Å². The van der Waals surface area contributed by atoms with Crippen LogP contribution in [-0.4, -0.2) is 24.1 Å². The van der Waals surface area contributed by atoms with Gasteiger partial charge in [-0.05, 0) is 26.3 Å². The van der Waals surface area contributed by atoms with Gasteiger partial charge in [0.2, 0.25) is 0 Å². The normalized spacial score (nSPS) is 23.9. The third-order valence-electron chi connectivity index (χ3n) is 2.65. The van der Waals surface area contributed by atoms with Gasteiger partial charge in [0.15, 0.2) is 0 Å². The zero-order valence-electron chi connectivity index (χ0n) is 8.49. The smallest absolute Gasteiger partial charge is 0.109 e. The van der Waals surface area contributed by atoms with E-state index in [1.807, 2.05) is 11.6 Å². The van der Waals surface area contributed by atoms with Crippen LogP contribution in [0, 0.1) is 0 Å². The van der Waals surface area contributed by atoms with Gasteiger partial charge in [0.25, 0.3) is 0 Å². The van der Waals surface area contributed by atoms with Gasteiger partial charge in [-0.2, -0.15) is 0 Å². The first kappa shape index (κ1) is 10.1. The summed E-state index contributed by atoms with van der Waals surface area (Å²) in [5.41, 5.74) is 0. The van der Waals surface area contributed by atoms with E-state index >= 15 is 0 Å². The van der Waals surface area contributed by atoms with E-state index in [0.29, 0.717) is 12.1 Å². The number of thiazole rings is 1. The molecule has 0 saturated carbocycles. The van der Waals surface area contributed by atoms with Gasteiger partial charge in [-0.25, -0.2) is 4.98 Å². The van der Waals surface area contributed by atoms with Crippen LogP contribution in [0.3, 0.4) is 0 Å². The van der Waals surface area contributed by atoms with Crippen molar-refractivity contribution in [2.75, 3.05) is 13.1 Å². The summed E-state index contributed by atoms with van der Waals surface area (Å²) in [6, 6.07) is 1.05. The van der Waals surface area contributed by atoms with Crippen molar-refractivity contribution in [2.24, 2.45) is 0 Å². The molecule has 0 amide bonds. The van der Waals surface area contributed by atoms with Crippen LogP contribution in [0.5, 0.6) is 0 Å². The van der Waals surface area contributed by atoms with Crippen molar-refractivity contribution >= 4 is 11.3 Å². The van der Waals surface area contributed by atoms with Gasteiger partial charge in [-0.3, -0.25) is 0 Å². The fourth-order valence-corrected chi connectivity index (χ4v) is 2.46. The Labute approximate surface area is 88.9 Å². The van der Waals surface area contributed by atoms with Crippen LogP contribution < -0.4 is 10.6 Å². The van der Waals surface area contributed by atoms with E-state index in [9.17, 15) is 0 Å². The molecule has 1 fully saturated rings. The third-order valence-corrected chi connectivity index (χ3v) is 3.61. The number of rotatable bonds is 4. The first-order chi connectivity index (χ1) is 6.86. The summed E-state index contributed by atoms with van der Waals surface area (Å²) in [7, 11) is 0. The highest BCUT2D eigenvalue weighted by molar-refractivity contribution is 7.09. The molecule has 0 bridgehead atoms. The van der Waals surface area contributed by atoms with Crippen LogP contribution >= 0.6 is 11.3 Å². The monoisotopic (exact) mass is 211 g/mol. The molecule has 0 radical (unpaired) electrons. The Hall–Kier alpha value is -0.450. The quantitative estimate of drug-likeness (QED) is 0.793. The number of nitrogens with one attached hydrogen (secondary N) is 2. The Morgan fingerprint density at radius 1 is 1.79 bits per heavy atom. The highest BCUT2D eigenvalue weighted by atomic mass is 32.1. The molecule has 0 spiro atoms. The first-order valence-electron chi connectivity index (χ1n) is 5.22. The van der Waals surface area contributed by atoms with Gasteiger partial charge in [0, 0.05) is 24.2 Å². The number of hydrogen-bond acceptors (Lipinski definition) is 4. The molecular formula is C10H17N3S. The van der Waals surface area contributed by atoms with Crippen LogP contribution in [-0.2, 0) is 0 Å². The zero-order valence-corrected chi connectivity index (χ0v) is 9.31. The molecule has 1 aliphatic rings. The van der Waals surface area contributed by atoms with Crippen molar-refractivity contribution in [1.29, 1.82) is 0 Å². The predicted molar refractivity (Wildman–Crippen MR) is 59.6 cm³/mol. The summed E-state index contributed by atoms with van der Waals surface area (Å²) in [5, 5.41) is 10.2. The van der Waals surface area contributed by atoms with Gasteiger partial charge in [0.05, 0.1) is 6.04 Å². The molecule has 2 N–H and O–H groups in total. The van der Waals surface area contributed by atoms with Crippen molar-refractivity contribution in [3.8, 4) is 0 Å². The fourth-order valence-electron chi connectivity index (χ4n) is 1.79. The lowest BCUT2D eigenvalue weighted by Crippen LogP contribution is -2.35. The summed E-state index contributed by atoms with van der Waals surface area (Å²) in [6.45, 7) is 4.41. The van der Waals surface area contributed by atoms with Crippen LogP contribution in [0.1, 0.15) is 30.8 Å². The molecule has 1 saturated heterocycles. The van der Waals surface area contributed by atoms with E-state index in [2.05, 4.69) is 22.5 Å². The highest BCUT2D eigenvalue weighted by Gasteiger charge is 2.15. The lowest BCUT2D eigenvalue weighted by molar-refractivity contribution is 0.489. The highest BCUT2D eigenvalue weighted by Crippen LogP contribution is 2.15. The predicted octanol–water partition coefficient (Wildman–Crippen LogP) is 1.55. The summed E-state index contributed by atoms with van der Waals surface area (Å²) in [6.07, 6.45) is 4.49. The molecule has 2 rings (SSSR count). The van der Waals surface area contributed by atoms with Gasteiger partial charge in [-0.1, -0.05) is 0 Å². The van der Waals surface area contributed by atoms with Crippen LogP contribution in [0.4, 0.5) is 0 Å². The average Bonchev–Trinajstić information content (AvgIpc) is 2.87. The minimum atomic E-state index is 0.386. The van der Waals surface area contributed by atoms with E-state index in [1.165, 1.54) is 24.4 Å². The Morgan fingerprint density at radius 3 is 3.36 bits per heavy atom. The molecule has 0 aliphatic carbocycles. The van der Waals surface area contributed by atoms with Crippen molar-refractivity contribution < 1.29 is 0 Å². The third kappa shape index (κ3) is 2.53. The van der Waals surface area contributed by atoms with E-state index in [4.69, 9.17) is 0 Å². The van der Waals surface area contributed by atoms with E-state index < -0.39 is 0 Å². The van der Waals surface area contributed by atoms with E-state index in [0.717, 1.165) is 6.54 Å². The Morgan fingerprint density at radius 2 is 2.71 bits per heavy atom. The van der Waals surface area contributed by atoms with Gasteiger partial charge in [-0.15, -0.1) is 11.3 Å². The molecule has 4 heteroatoms. The van der Waals surface area contributed by atoms with Crippen LogP contribution in [0.25, 0.3) is 0 Å². The summed E-state index contributed by atoms with van der Waals surface area (Å²) in [5.74, 6) is 0. The molecule has 1 aliphatic heterocycles. The molecule has 0 aromatic carbocycles. The summed E-state index contributed by atoms with van der Waals surface area (Å²) < 4.78 is 0. The second kappa shape index (κ2) is 4.87. The topological polar surface area (TPSA) is 37.0 Å². The maximum absolute atomic E-state index is 4.30. The fraction of sp³-hybridized carbons (Fsp3) is 0.700. The molecular weight excluding hydrogens is 194 g/mol. The van der Waals surface area contributed by atoms with Crippen LogP contribution in [0.15, 0.2) is 11.6 Å². The average molecular weight is 211 g/mol. The number of aromatic nitrogens is 1. The molecule has 0 unspecified atom stereocenters. The van der Waals surface area contributed by atoms with E-state index in [1.54, 1.807) is 11.3 Å². The van der Waals surface area contributed by atoms with E-state index in [-0.39, 0.29) is 0 Å². The van der Waals surface area contributed by atoms with Crippen molar-refractivity contribution in [1.82, 2.24) is 15.6 Å². The Kier molecular flexibility index (Phi) is 3.50.